The first kappa shape index (κ1) is 11.5. The van der Waals surface area contributed by atoms with Crippen molar-refractivity contribution >= 4 is 0 Å². The summed E-state index contributed by atoms with van der Waals surface area (Å²) in [6.45, 7) is 0. The Balaban J connectivity index is 2.15. The van der Waals surface area contributed by atoms with Crippen LogP contribution in [0.3, 0.4) is 0 Å². The number of halogens is 3. The van der Waals surface area contributed by atoms with Crippen molar-refractivity contribution in [2.24, 2.45) is 5.73 Å². The maximum absolute atomic E-state index is 12.3. The Morgan fingerprint density at radius 1 is 1.19 bits per heavy atom. The topological polar surface area (TPSA) is 26.0 Å². The third-order valence-electron chi connectivity index (χ3n) is 3.30. The van der Waals surface area contributed by atoms with Crippen molar-refractivity contribution in [2.75, 3.05) is 0 Å². The lowest BCUT2D eigenvalue weighted by Gasteiger charge is -2.24. The van der Waals surface area contributed by atoms with Crippen LogP contribution in [0.1, 0.15) is 24.8 Å². The van der Waals surface area contributed by atoms with Crippen molar-refractivity contribution < 1.29 is 13.2 Å². The third kappa shape index (κ3) is 2.21. The highest BCUT2D eigenvalue weighted by Crippen LogP contribution is 2.52. The van der Waals surface area contributed by atoms with Crippen molar-refractivity contribution in [2.45, 2.75) is 36.9 Å². The number of nitrogens with two attached hydrogens (primary N) is 1. The molecule has 0 amide bonds. The van der Waals surface area contributed by atoms with Crippen LogP contribution in [-0.2, 0) is 5.41 Å². The Kier molecular flexibility index (Phi) is 2.70. The van der Waals surface area contributed by atoms with Gasteiger partial charge in [0, 0.05) is 11.5 Å². The molecule has 0 saturated heterocycles. The highest BCUT2D eigenvalue weighted by atomic mass is 19.4. The minimum Gasteiger partial charge on any atom is -0.327 e. The minimum absolute atomic E-state index is 0.434. The van der Waals surface area contributed by atoms with Crippen LogP contribution in [0.2, 0.25) is 0 Å². The second-order valence-corrected chi connectivity index (χ2v) is 4.45. The van der Waals surface area contributed by atoms with E-state index in [-0.39, 0.29) is 0 Å². The molecule has 0 heterocycles. The van der Waals surface area contributed by atoms with E-state index in [9.17, 15) is 13.2 Å². The Morgan fingerprint density at radius 2 is 1.75 bits per heavy atom. The van der Waals surface area contributed by atoms with E-state index < -0.39 is 24.1 Å². The lowest BCUT2D eigenvalue weighted by Crippen LogP contribution is -2.38. The molecule has 1 nitrogen and oxygen atoms in total. The van der Waals surface area contributed by atoms with E-state index in [2.05, 4.69) is 0 Å². The minimum atomic E-state index is -4.18. The van der Waals surface area contributed by atoms with Crippen LogP contribution in [0, 0.1) is 0 Å². The third-order valence-corrected chi connectivity index (χ3v) is 3.30. The first-order chi connectivity index (χ1) is 7.44. The molecule has 1 aliphatic carbocycles. The number of hydrogen-bond donors (Lipinski definition) is 1. The maximum Gasteiger partial charge on any atom is 0.390 e. The van der Waals surface area contributed by atoms with E-state index in [1.165, 1.54) is 0 Å². The normalized spacial score (nSPS) is 20.5. The summed E-state index contributed by atoms with van der Waals surface area (Å²) in [6.07, 6.45) is -3.56. The van der Waals surface area contributed by atoms with Crippen LogP contribution in [0.25, 0.3) is 0 Å². The molecule has 1 atom stereocenters. The van der Waals surface area contributed by atoms with Gasteiger partial charge in [-0.05, 0) is 18.4 Å². The molecule has 16 heavy (non-hydrogen) atoms. The smallest absolute Gasteiger partial charge is 0.327 e. The average molecular weight is 229 g/mol. The van der Waals surface area contributed by atoms with Gasteiger partial charge in [-0.1, -0.05) is 30.3 Å². The molecule has 0 bridgehead atoms. The van der Waals surface area contributed by atoms with Gasteiger partial charge in [-0.2, -0.15) is 13.2 Å². The molecule has 0 aromatic heterocycles. The molecule has 1 unspecified atom stereocenters. The van der Waals surface area contributed by atoms with Gasteiger partial charge in [-0.25, -0.2) is 0 Å². The number of rotatable bonds is 3. The first-order valence-electron chi connectivity index (χ1n) is 5.32. The van der Waals surface area contributed by atoms with Crippen molar-refractivity contribution in [3.05, 3.63) is 35.9 Å². The number of benzene rings is 1. The summed E-state index contributed by atoms with van der Waals surface area (Å²) < 4.78 is 36.9. The van der Waals surface area contributed by atoms with Gasteiger partial charge in [0.25, 0.3) is 0 Å². The molecule has 1 fully saturated rings. The van der Waals surface area contributed by atoms with E-state index in [4.69, 9.17) is 5.73 Å². The quantitative estimate of drug-likeness (QED) is 0.847. The lowest BCUT2D eigenvalue weighted by molar-refractivity contribution is -0.139. The van der Waals surface area contributed by atoms with E-state index in [0.717, 1.165) is 18.4 Å². The van der Waals surface area contributed by atoms with Gasteiger partial charge in [-0.15, -0.1) is 0 Å². The summed E-state index contributed by atoms with van der Waals surface area (Å²) in [5.41, 5.74) is 6.22. The van der Waals surface area contributed by atoms with E-state index in [1.807, 2.05) is 30.3 Å². The highest BCUT2D eigenvalue weighted by Gasteiger charge is 2.51. The standard InChI is InChI=1S/C12H14F3N/c13-12(14,15)8-10(16)11(6-7-11)9-4-2-1-3-5-9/h1-5,10H,6-8,16H2. The van der Waals surface area contributed by atoms with Gasteiger partial charge in [0.1, 0.15) is 0 Å². The average Bonchev–Trinajstić information content (AvgIpc) is 2.97. The van der Waals surface area contributed by atoms with Crippen LogP contribution in [0.15, 0.2) is 30.3 Å². The van der Waals surface area contributed by atoms with Gasteiger partial charge in [0.2, 0.25) is 0 Å². The molecule has 88 valence electrons. The molecule has 2 rings (SSSR count). The monoisotopic (exact) mass is 229 g/mol. The Bertz CT molecular complexity index is 354. The van der Waals surface area contributed by atoms with Crippen molar-refractivity contribution in [3.8, 4) is 0 Å². The Morgan fingerprint density at radius 3 is 2.19 bits per heavy atom. The fourth-order valence-corrected chi connectivity index (χ4v) is 2.22. The molecule has 0 aliphatic heterocycles. The van der Waals surface area contributed by atoms with Crippen LogP contribution in [0.4, 0.5) is 13.2 Å². The second kappa shape index (κ2) is 3.77. The van der Waals surface area contributed by atoms with Gasteiger partial charge < -0.3 is 5.73 Å². The SMILES string of the molecule is NC(CC(F)(F)F)C1(c2ccccc2)CC1. The summed E-state index contributed by atoms with van der Waals surface area (Å²) >= 11 is 0. The van der Waals surface area contributed by atoms with Crippen molar-refractivity contribution in [3.63, 3.8) is 0 Å². The molecule has 0 spiro atoms. The van der Waals surface area contributed by atoms with E-state index in [1.54, 1.807) is 0 Å². The van der Waals surface area contributed by atoms with Gasteiger partial charge >= 0.3 is 6.18 Å². The Labute approximate surface area is 92.5 Å². The molecular weight excluding hydrogens is 215 g/mol. The molecule has 1 aliphatic rings. The van der Waals surface area contributed by atoms with E-state index >= 15 is 0 Å². The molecular formula is C12H14F3N. The highest BCUT2D eigenvalue weighted by molar-refractivity contribution is 5.33. The van der Waals surface area contributed by atoms with Gasteiger partial charge in [-0.3, -0.25) is 0 Å². The molecule has 1 aromatic rings. The summed E-state index contributed by atoms with van der Waals surface area (Å²) in [5, 5.41) is 0. The fraction of sp³-hybridized carbons (Fsp3) is 0.500. The summed E-state index contributed by atoms with van der Waals surface area (Å²) in [4.78, 5) is 0. The fourth-order valence-electron chi connectivity index (χ4n) is 2.22. The van der Waals surface area contributed by atoms with Crippen LogP contribution >= 0.6 is 0 Å². The molecule has 4 heteroatoms. The lowest BCUT2D eigenvalue weighted by atomic mass is 9.86. The van der Waals surface area contributed by atoms with Crippen molar-refractivity contribution in [1.82, 2.24) is 0 Å². The van der Waals surface area contributed by atoms with E-state index in [0.29, 0.717) is 0 Å². The summed E-state index contributed by atoms with van der Waals surface area (Å²) in [5.74, 6) is 0. The zero-order valence-corrected chi connectivity index (χ0v) is 8.80. The second-order valence-electron chi connectivity index (χ2n) is 4.45. The number of hydrogen-bond acceptors (Lipinski definition) is 1. The van der Waals surface area contributed by atoms with Crippen LogP contribution in [-0.4, -0.2) is 12.2 Å². The van der Waals surface area contributed by atoms with Crippen LogP contribution in [0.5, 0.6) is 0 Å². The zero-order valence-electron chi connectivity index (χ0n) is 8.80. The molecule has 2 N–H and O–H groups in total. The summed E-state index contributed by atoms with van der Waals surface area (Å²) in [7, 11) is 0. The first-order valence-corrected chi connectivity index (χ1v) is 5.32. The Hall–Kier alpha value is -1.03. The molecule has 0 radical (unpaired) electrons. The van der Waals surface area contributed by atoms with Crippen molar-refractivity contribution in [1.29, 1.82) is 0 Å². The molecule has 1 saturated carbocycles. The maximum atomic E-state index is 12.3. The largest absolute Gasteiger partial charge is 0.390 e. The summed E-state index contributed by atoms with van der Waals surface area (Å²) in [6, 6.07) is 8.45. The predicted molar refractivity (Wildman–Crippen MR) is 56.0 cm³/mol. The van der Waals surface area contributed by atoms with Gasteiger partial charge in [0.05, 0.1) is 6.42 Å². The number of alkyl halides is 3. The predicted octanol–water partition coefficient (Wildman–Crippen LogP) is 3.00. The molecule has 1 aromatic carbocycles. The zero-order chi connectivity index (χ0) is 11.8. The van der Waals surface area contributed by atoms with Gasteiger partial charge in [0.15, 0.2) is 0 Å². The van der Waals surface area contributed by atoms with Crippen LogP contribution < -0.4 is 5.73 Å².